The lowest BCUT2D eigenvalue weighted by Gasteiger charge is -2.14. The largest absolute Gasteiger partial charge is 0.497 e. The van der Waals surface area contributed by atoms with Crippen molar-refractivity contribution < 1.29 is 19.2 Å². The number of carbonyl (C=O) groups excluding carboxylic acids is 1. The van der Waals surface area contributed by atoms with Crippen LogP contribution in [-0.4, -0.2) is 30.3 Å². The third-order valence-corrected chi connectivity index (χ3v) is 3.49. The van der Waals surface area contributed by atoms with E-state index in [1.165, 1.54) is 0 Å². The molecule has 0 bridgehead atoms. The average Bonchev–Trinajstić information content (AvgIpc) is 3.03. The van der Waals surface area contributed by atoms with Gasteiger partial charge in [-0.1, -0.05) is 0 Å². The molecular formula is C16H15N3O4. The molecule has 7 heteroatoms. The Morgan fingerprint density at radius 1 is 1.26 bits per heavy atom. The van der Waals surface area contributed by atoms with Gasteiger partial charge in [0.25, 0.3) is 5.91 Å². The molecule has 0 fully saturated rings. The molecule has 118 valence electrons. The number of carbonyl (C=O) groups is 1. The number of anilines is 2. The summed E-state index contributed by atoms with van der Waals surface area (Å²) in [7, 11) is 3.44. The van der Waals surface area contributed by atoms with Gasteiger partial charge in [-0.3, -0.25) is 14.9 Å². The lowest BCUT2D eigenvalue weighted by Crippen LogP contribution is -2.18. The minimum absolute atomic E-state index is 0.298. The first-order valence-electron chi connectivity index (χ1n) is 6.85. The summed E-state index contributed by atoms with van der Waals surface area (Å²) < 4.78 is 10.8. The number of rotatable bonds is 4. The van der Waals surface area contributed by atoms with E-state index in [1.54, 1.807) is 35.7 Å². The predicted molar refractivity (Wildman–Crippen MR) is 84.3 cm³/mol. The molecule has 0 aliphatic heterocycles. The van der Waals surface area contributed by atoms with E-state index >= 15 is 0 Å². The second-order valence-electron chi connectivity index (χ2n) is 4.88. The predicted octanol–water partition coefficient (Wildman–Crippen LogP) is 2.72. The summed E-state index contributed by atoms with van der Waals surface area (Å²) in [4.78, 5) is 17.6. The van der Waals surface area contributed by atoms with Gasteiger partial charge in [-0.15, -0.1) is 0 Å². The Morgan fingerprint density at radius 3 is 2.65 bits per heavy atom. The highest BCUT2D eigenvalue weighted by atomic mass is 16.5. The van der Waals surface area contributed by atoms with E-state index in [0.29, 0.717) is 22.7 Å². The Morgan fingerprint density at radius 2 is 2.00 bits per heavy atom. The molecule has 3 aromatic rings. The number of fused-ring (bicyclic) bond motifs is 1. The lowest BCUT2D eigenvalue weighted by molar-refractivity contribution is 0.0706. The van der Waals surface area contributed by atoms with Crippen LogP contribution in [0.1, 0.15) is 10.4 Å². The van der Waals surface area contributed by atoms with Gasteiger partial charge >= 0.3 is 6.01 Å². The van der Waals surface area contributed by atoms with Crippen LogP contribution in [0.15, 0.2) is 46.9 Å². The van der Waals surface area contributed by atoms with E-state index in [9.17, 15) is 4.79 Å². The Labute approximate surface area is 132 Å². The number of nitrogens with one attached hydrogen (secondary N) is 1. The SMILES string of the molecule is COc1ccc(N(C)c2nc3cc(C(=O)NO)ccc3o2)cc1. The number of hydrogen-bond donors (Lipinski definition) is 2. The molecule has 1 heterocycles. The van der Waals surface area contributed by atoms with E-state index in [4.69, 9.17) is 14.4 Å². The lowest BCUT2D eigenvalue weighted by atomic mass is 10.2. The van der Waals surface area contributed by atoms with Gasteiger partial charge in [0.15, 0.2) is 5.58 Å². The second kappa shape index (κ2) is 5.98. The molecule has 0 aliphatic rings. The van der Waals surface area contributed by atoms with Crippen LogP contribution >= 0.6 is 0 Å². The summed E-state index contributed by atoms with van der Waals surface area (Å²) in [5.41, 5.74) is 3.85. The number of aromatic nitrogens is 1. The molecule has 3 rings (SSSR count). The first kappa shape index (κ1) is 14.9. The van der Waals surface area contributed by atoms with Crippen LogP contribution in [0.5, 0.6) is 5.75 Å². The highest BCUT2D eigenvalue weighted by Gasteiger charge is 2.14. The smallest absolute Gasteiger partial charge is 0.302 e. The van der Waals surface area contributed by atoms with E-state index in [1.807, 2.05) is 31.3 Å². The van der Waals surface area contributed by atoms with Crippen molar-refractivity contribution in [1.29, 1.82) is 0 Å². The summed E-state index contributed by atoms with van der Waals surface area (Å²) in [5, 5.41) is 8.68. The molecule has 7 nitrogen and oxygen atoms in total. The molecule has 23 heavy (non-hydrogen) atoms. The Balaban J connectivity index is 1.93. The zero-order valence-corrected chi connectivity index (χ0v) is 12.6. The fourth-order valence-corrected chi connectivity index (χ4v) is 2.18. The van der Waals surface area contributed by atoms with Crippen molar-refractivity contribution in [2.24, 2.45) is 0 Å². The third kappa shape index (κ3) is 2.82. The van der Waals surface area contributed by atoms with Crippen LogP contribution in [0.3, 0.4) is 0 Å². The van der Waals surface area contributed by atoms with Gasteiger partial charge in [0.1, 0.15) is 11.3 Å². The van der Waals surface area contributed by atoms with E-state index in [-0.39, 0.29) is 0 Å². The fraction of sp³-hybridized carbons (Fsp3) is 0.125. The van der Waals surface area contributed by atoms with Gasteiger partial charge in [-0.25, -0.2) is 5.48 Å². The van der Waals surface area contributed by atoms with Crippen LogP contribution in [-0.2, 0) is 0 Å². The topological polar surface area (TPSA) is 87.8 Å². The molecule has 2 N–H and O–H groups in total. The minimum atomic E-state index is -0.597. The quantitative estimate of drug-likeness (QED) is 0.569. The summed E-state index contributed by atoms with van der Waals surface area (Å²) in [5.74, 6) is 0.166. The van der Waals surface area contributed by atoms with Gasteiger partial charge < -0.3 is 9.15 Å². The molecule has 0 spiro atoms. The maximum Gasteiger partial charge on any atom is 0.302 e. The summed E-state index contributed by atoms with van der Waals surface area (Å²) in [6.45, 7) is 0. The van der Waals surface area contributed by atoms with Crippen molar-refractivity contribution in [1.82, 2.24) is 10.5 Å². The Bertz CT molecular complexity index is 842. The highest BCUT2D eigenvalue weighted by molar-refractivity contribution is 5.96. The first-order valence-corrected chi connectivity index (χ1v) is 6.85. The van der Waals surface area contributed by atoms with Crippen LogP contribution < -0.4 is 15.1 Å². The Hall–Kier alpha value is -3.06. The Kier molecular flexibility index (Phi) is 3.86. The van der Waals surface area contributed by atoms with Crippen molar-refractivity contribution in [3.63, 3.8) is 0 Å². The summed E-state index contributed by atoms with van der Waals surface area (Å²) in [6, 6.07) is 12.6. The standard InChI is InChI=1S/C16H15N3O4/c1-19(11-4-6-12(22-2)7-5-11)16-17-13-9-10(15(20)18-21)3-8-14(13)23-16/h3-9,21H,1-2H3,(H,18,20). The molecule has 0 atom stereocenters. The molecule has 2 aromatic carbocycles. The number of ether oxygens (including phenoxy) is 1. The third-order valence-electron chi connectivity index (χ3n) is 3.49. The second-order valence-corrected chi connectivity index (χ2v) is 4.88. The highest BCUT2D eigenvalue weighted by Crippen LogP contribution is 2.28. The fourth-order valence-electron chi connectivity index (χ4n) is 2.18. The zero-order chi connectivity index (χ0) is 16.4. The van der Waals surface area contributed by atoms with Crippen molar-refractivity contribution in [3.8, 4) is 5.75 Å². The normalized spacial score (nSPS) is 10.6. The molecule has 0 saturated heterocycles. The maximum absolute atomic E-state index is 11.4. The number of amides is 1. The molecule has 0 aliphatic carbocycles. The van der Waals surface area contributed by atoms with Crippen molar-refractivity contribution in [2.75, 3.05) is 19.1 Å². The minimum Gasteiger partial charge on any atom is -0.497 e. The van der Waals surface area contributed by atoms with E-state index < -0.39 is 5.91 Å². The summed E-state index contributed by atoms with van der Waals surface area (Å²) in [6.07, 6.45) is 0. The number of nitrogens with zero attached hydrogens (tertiary/aromatic N) is 2. The van der Waals surface area contributed by atoms with Crippen LogP contribution in [0.4, 0.5) is 11.7 Å². The molecule has 1 amide bonds. The van der Waals surface area contributed by atoms with Crippen molar-refractivity contribution in [3.05, 3.63) is 48.0 Å². The molecule has 0 radical (unpaired) electrons. The first-order chi connectivity index (χ1) is 11.1. The van der Waals surface area contributed by atoms with E-state index in [0.717, 1.165) is 11.4 Å². The van der Waals surface area contributed by atoms with Crippen molar-refractivity contribution in [2.45, 2.75) is 0 Å². The monoisotopic (exact) mass is 313 g/mol. The zero-order valence-electron chi connectivity index (χ0n) is 12.6. The number of hydrogen-bond acceptors (Lipinski definition) is 6. The van der Waals surface area contributed by atoms with Crippen LogP contribution in [0.2, 0.25) is 0 Å². The average molecular weight is 313 g/mol. The van der Waals surface area contributed by atoms with Gasteiger partial charge in [-0.05, 0) is 42.5 Å². The molecule has 1 aromatic heterocycles. The molecule has 0 unspecified atom stereocenters. The van der Waals surface area contributed by atoms with Crippen molar-refractivity contribution >= 4 is 28.7 Å². The van der Waals surface area contributed by atoms with Crippen LogP contribution in [0, 0.1) is 0 Å². The van der Waals surface area contributed by atoms with Crippen LogP contribution in [0.25, 0.3) is 11.1 Å². The number of methoxy groups -OCH3 is 1. The van der Waals surface area contributed by atoms with Gasteiger partial charge in [0.2, 0.25) is 0 Å². The van der Waals surface area contributed by atoms with Gasteiger partial charge in [-0.2, -0.15) is 4.98 Å². The molecule has 0 saturated carbocycles. The van der Waals surface area contributed by atoms with Gasteiger partial charge in [0.05, 0.1) is 7.11 Å². The van der Waals surface area contributed by atoms with E-state index in [2.05, 4.69) is 4.98 Å². The maximum atomic E-state index is 11.4. The number of benzene rings is 2. The number of hydroxylamine groups is 1. The number of oxazole rings is 1. The summed E-state index contributed by atoms with van der Waals surface area (Å²) >= 11 is 0. The molecular weight excluding hydrogens is 298 g/mol. The van der Waals surface area contributed by atoms with Gasteiger partial charge in [0, 0.05) is 18.3 Å².